The molecular formula is C20H37I. The molecule has 0 nitrogen and oxygen atoms in total. The van der Waals surface area contributed by atoms with Gasteiger partial charge in [0.2, 0.25) is 0 Å². The van der Waals surface area contributed by atoms with Crippen LogP contribution in [0.25, 0.3) is 0 Å². The molecule has 4 unspecified atom stereocenters. The summed E-state index contributed by atoms with van der Waals surface area (Å²) in [6.45, 7) is 9.95. The fourth-order valence-electron chi connectivity index (χ4n) is 6.06. The van der Waals surface area contributed by atoms with Gasteiger partial charge >= 0.3 is 0 Å². The van der Waals surface area contributed by atoms with E-state index < -0.39 is 0 Å². The molecule has 2 rings (SSSR count). The van der Waals surface area contributed by atoms with Crippen LogP contribution >= 0.6 is 22.6 Å². The van der Waals surface area contributed by atoms with Crippen molar-refractivity contribution < 1.29 is 0 Å². The normalized spacial score (nSPS) is 41.9. The Hall–Kier alpha value is 0.730. The Balaban J connectivity index is 2.07. The molecular weight excluding hydrogens is 367 g/mol. The number of rotatable bonds is 9. The highest BCUT2D eigenvalue weighted by molar-refractivity contribution is 14.1. The fourth-order valence-corrected chi connectivity index (χ4v) is 7.27. The smallest absolute Gasteiger partial charge is 0.00293 e. The lowest BCUT2D eigenvalue weighted by Gasteiger charge is -2.64. The van der Waals surface area contributed by atoms with Gasteiger partial charge in [0.05, 0.1) is 0 Å². The third-order valence-electron chi connectivity index (χ3n) is 7.54. The summed E-state index contributed by atoms with van der Waals surface area (Å²) in [5.41, 5.74) is 1.39. The van der Waals surface area contributed by atoms with Gasteiger partial charge in [-0.1, -0.05) is 88.8 Å². The van der Waals surface area contributed by atoms with Crippen molar-refractivity contribution in [2.75, 3.05) is 4.43 Å². The van der Waals surface area contributed by atoms with Crippen molar-refractivity contribution in [3.63, 3.8) is 0 Å². The van der Waals surface area contributed by atoms with Crippen molar-refractivity contribution in [1.29, 1.82) is 0 Å². The zero-order valence-electron chi connectivity index (χ0n) is 14.9. The highest BCUT2D eigenvalue weighted by atomic mass is 127. The maximum absolute atomic E-state index is 2.69. The van der Waals surface area contributed by atoms with Gasteiger partial charge in [-0.2, -0.15) is 0 Å². The summed E-state index contributed by atoms with van der Waals surface area (Å²) in [7, 11) is 0. The maximum Gasteiger partial charge on any atom is 0.00293 e. The summed E-state index contributed by atoms with van der Waals surface area (Å²) >= 11 is 2.68. The van der Waals surface area contributed by atoms with Crippen molar-refractivity contribution in [2.45, 2.75) is 91.9 Å². The molecule has 1 heteroatoms. The van der Waals surface area contributed by atoms with E-state index in [-0.39, 0.29) is 0 Å². The van der Waals surface area contributed by atoms with Crippen LogP contribution in [0, 0.1) is 28.6 Å². The number of unbranched alkanes of at least 4 members (excludes halogenated alkanes) is 4. The van der Waals surface area contributed by atoms with E-state index in [0.717, 1.165) is 23.2 Å². The van der Waals surface area contributed by atoms with Gasteiger partial charge < -0.3 is 0 Å². The molecule has 0 N–H and O–H groups in total. The molecule has 0 saturated heterocycles. The monoisotopic (exact) mass is 404 g/mol. The molecule has 2 fully saturated rings. The number of fused-ring (bicyclic) bond motifs is 1. The van der Waals surface area contributed by atoms with Gasteiger partial charge in [0.15, 0.2) is 0 Å². The molecule has 2 aliphatic rings. The van der Waals surface area contributed by atoms with Crippen LogP contribution in [0.3, 0.4) is 0 Å². The van der Waals surface area contributed by atoms with Gasteiger partial charge in [-0.25, -0.2) is 0 Å². The van der Waals surface area contributed by atoms with Gasteiger partial charge in [-0.15, -0.1) is 0 Å². The van der Waals surface area contributed by atoms with Crippen LogP contribution in [0.15, 0.2) is 0 Å². The molecule has 0 aromatic carbocycles. The van der Waals surface area contributed by atoms with Crippen LogP contribution in [0.4, 0.5) is 0 Å². The van der Waals surface area contributed by atoms with Crippen LogP contribution < -0.4 is 0 Å². The first-order chi connectivity index (χ1) is 10.1. The lowest BCUT2D eigenvalue weighted by molar-refractivity contribution is -0.155. The van der Waals surface area contributed by atoms with Gasteiger partial charge in [0.25, 0.3) is 0 Å². The third kappa shape index (κ3) is 2.94. The average Bonchev–Trinajstić information content (AvgIpc) is 2.64. The van der Waals surface area contributed by atoms with Crippen LogP contribution in [-0.2, 0) is 0 Å². The quantitative estimate of drug-likeness (QED) is 0.216. The predicted molar refractivity (Wildman–Crippen MR) is 103 cm³/mol. The van der Waals surface area contributed by atoms with Gasteiger partial charge in [-0.3, -0.25) is 0 Å². The van der Waals surface area contributed by atoms with Crippen molar-refractivity contribution in [3.05, 3.63) is 0 Å². The van der Waals surface area contributed by atoms with Gasteiger partial charge in [-0.05, 0) is 54.3 Å². The second-order valence-electron chi connectivity index (χ2n) is 8.28. The molecule has 0 aliphatic heterocycles. The largest absolute Gasteiger partial charge is 0.0861 e. The highest BCUT2D eigenvalue weighted by Gasteiger charge is 2.69. The first-order valence-corrected chi connectivity index (χ1v) is 11.1. The van der Waals surface area contributed by atoms with Crippen molar-refractivity contribution in [2.24, 2.45) is 28.6 Å². The van der Waals surface area contributed by atoms with E-state index in [0.29, 0.717) is 5.41 Å². The second-order valence-corrected chi connectivity index (χ2v) is 9.16. The summed E-state index contributed by atoms with van der Waals surface area (Å²) in [5.74, 6) is 3.00. The van der Waals surface area contributed by atoms with Gasteiger partial charge in [0.1, 0.15) is 0 Å². The molecule has 0 aromatic heterocycles. The molecule has 0 spiro atoms. The Kier molecular flexibility index (Phi) is 6.48. The van der Waals surface area contributed by atoms with Crippen molar-refractivity contribution in [3.8, 4) is 0 Å². The van der Waals surface area contributed by atoms with E-state index in [1.54, 1.807) is 6.42 Å². The summed E-state index contributed by atoms with van der Waals surface area (Å²) in [4.78, 5) is 0. The minimum absolute atomic E-state index is 0.671. The molecule has 0 amide bonds. The number of hydrogen-bond acceptors (Lipinski definition) is 0. The molecule has 0 aromatic rings. The van der Waals surface area contributed by atoms with Crippen LogP contribution in [0.1, 0.15) is 91.9 Å². The second kappa shape index (κ2) is 7.53. The standard InChI is InChI=1S/C20H37I/c1-5-7-9-11-17-14-20(12-10-8-6-2)18(15-21)13-16(3)19(17,20)4/h16-18H,5-15H2,1-4H3/t16?,17?,18?,19-,20?/m0/s1. The Labute approximate surface area is 147 Å². The Morgan fingerprint density at radius 2 is 1.67 bits per heavy atom. The van der Waals surface area contributed by atoms with Gasteiger partial charge in [0, 0.05) is 4.43 Å². The molecule has 2 saturated carbocycles. The van der Waals surface area contributed by atoms with Crippen LogP contribution in [0.5, 0.6) is 0 Å². The number of hydrogen-bond donors (Lipinski definition) is 0. The lowest BCUT2D eigenvalue weighted by Crippen LogP contribution is -2.58. The maximum atomic E-state index is 2.69. The highest BCUT2D eigenvalue weighted by Crippen LogP contribution is 2.76. The molecule has 5 atom stereocenters. The Morgan fingerprint density at radius 3 is 2.29 bits per heavy atom. The molecule has 0 bridgehead atoms. The van der Waals surface area contributed by atoms with Crippen molar-refractivity contribution in [1.82, 2.24) is 0 Å². The van der Waals surface area contributed by atoms with E-state index in [1.165, 1.54) is 62.2 Å². The molecule has 0 heterocycles. The molecule has 21 heavy (non-hydrogen) atoms. The predicted octanol–water partition coefficient (Wildman–Crippen LogP) is 7.25. The zero-order valence-corrected chi connectivity index (χ0v) is 17.0. The SMILES string of the molecule is CCCCCC1CC2(CCCCC)C(CI)CC(C)[C@@]12C. The molecule has 124 valence electrons. The topological polar surface area (TPSA) is 0 Å². The first kappa shape index (κ1) is 18.1. The number of halogens is 1. The number of alkyl halides is 1. The molecule has 2 aliphatic carbocycles. The lowest BCUT2D eigenvalue weighted by atomic mass is 9.40. The van der Waals surface area contributed by atoms with E-state index in [9.17, 15) is 0 Å². The first-order valence-electron chi connectivity index (χ1n) is 9.62. The minimum atomic E-state index is 0.671. The van der Waals surface area contributed by atoms with Crippen LogP contribution in [-0.4, -0.2) is 4.43 Å². The van der Waals surface area contributed by atoms with Crippen molar-refractivity contribution >= 4 is 22.6 Å². The summed E-state index contributed by atoms with van der Waals surface area (Å²) in [5, 5.41) is 0. The van der Waals surface area contributed by atoms with E-state index in [1.807, 2.05) is 0 Å². The zero-order chi connectivity index (χ0) is 15.5. The summed E-state index contributed by atoms with van der Waals surface area (Å²) < 4.78 is 1.39. The summed E-state index contributed by atoms with van der Waals surface area (Å²) in [6.07, 6.45) is 14.7. The fraction of sp³-hybridized carbons (Fsp3) is 1.00. The molecule has 0 radical (unpaired) electrons. The minimum Gasteiger partial charge on any atom is -0.0861 e. The van der Waals surface area contributed by atoms with Crippen LogP contribution in [0.2, 0.25) is 0 Å². The average molecular weight is 404 g/mol. The van der Waals surface area contributed by atoms with E-state index >= 15 is 0 Å². The Bertz CT molecular complexity index is 326. The van der Waals surface area contributed by atoms with E-state index in [4.69, 9.17) is 0 Å². The Morgan fingerprint density at radius 1 is 1.00 bits per heavy atom. The van der Waals surface area contributed by atoms with E-state index in [2.05, 4.69) is 50.3 Å². The summed E-state index contributed by atoms with van der Waals surface area (Å²) in [6, 6.07) is 0. The third-order valence-corrected chi connectivity index (χ3v) is 8.61.